The van der Waals surface area contributed by atoms with E-state index >= 15 is 0 Å². The molecule has 212 valence electrons. The number of carbonyl (C=O) groups excluding carboxylic acids is 2. The number of benzene rings is 1. The van der Waals surface area contributed by atoms with Gasteiger partial charge in [0.1, 0.15) is 11.8 Å². The van der Waals surface area contributed by atoms with Gasteiger partial charge in [-0.1, -0.05) is 31.9 Å². The summed E-state index contributed by atoms with van der Waals surface area (Å²) in [6.07, 6.45) is 9.80. The number of likely N-dealkylation sites (tertiary alicyclic amines) is 1. The number of carboxylic acid groups (broad SMARTS) is 1. The van der Waals surface area contributed by atoms with Crippen molar-refractivity contribution in [2.24, 2.45) is 11.3 Å². The molecule has 3 atom stereocenters. The van der Waals surface area contributed by atoms with E-state index in [1.165, 1.54) is 0 Å². The average molecular weight is 540 g/mol. The molecule has 3 amide bonds. The van der Waals surface area contributed by atoms with Crippen LogP contribution < -0.4 is 15.4 Å². The molecular weight excluding hydrogens is 498 g/mol. The highest BCUT2D eigenvalue weighted by Gasteiger charge is 2.52. The number of H-pyrrole nitrogens is 1. The number of methoxy groups -OCH3 is 1. The second kappa shape index (κ2) is 13.0. The number of nitrogens with zero attached hydrogens (tertiary/aromatic N) is 2. The van der Waals surface area contributed by atoms with Crippen molar-refractivity contribution in [2.45, 2.75) is 76.8 Å². The van der Waals surface area contributed by atoms with Crippen LogP contribution in [0.2, 0.25) is 0 Å². The standard InChI is InChI=1S/C29H41N5O5/c1-3-23-17-29(27(36)37,21-6-4-5-7-21)13-15-34(23)26(35)25(16-20-8-10-24(39-2)11-9-20)33-28(38)31-14-12-22-18-30-19-32-22/h8-11,18-19,21,23,25H,3-7,12-17H2,1-2H3,(H,30,32)(H,36,37)(H2,31,33,38). The molecule has 0 radical (unpaired) electrons. The number of amides is 3. The zero-order valence-corrected chi connectivity index (χ0v) is 22.9. The predicted octanol–water partition coefficient (Wildman–Crippen LogP) is 3.53. The normalized spacial score (nSPS) is 22.3. The molecule has 10 nitrogen and oxygen atoms in total. The molecule has 1 aromatic heterocycles. The van der Waals surface area contributed by atoms with E-state index in [9.17, 15) is 19.5 Å². The quantitative estimate of drug-likeness (QED) is 0.345. The number of aromatic amines is 1. The summed E-state index contributed by atoms with van der Waals surface area (Å²) >= 11 is 0. The third-order valence-corrected chi connectivity index (χ3v) is 8.59. The third kappa shape index (κ3) is 6.72. The maximum absolute atomic E-state index is 14.0. The van der Waals surface area contributed by atoms with E-state index < -0.39 is 23.5 Å². The second-order valence-corrected chi connectivity index (χ2v) is 10.8. The fourth-order valence-electron chi connectivity index (χ4n) is 6.35. The molecule has 1 saturated heterocycles. The minimum absolute atomic E-state index is 0.162. The highest BCUT2D eigenvalue weighted by molar-refractivity contribution is 5.88. The zero-order valence-electron chi connectivity index (χ0n) is 22.9. The summed E-state index contributed by atoms with van der Waals surface area (Å²) in [7, 11) is 1.60. The molecule has 0 spiro atoms. The Labute approximate surface area is 229 Å². The van der Waals surface area contributed by atoms with Crippen LogP contribution in [0.15, 0.2) is 36.8 Å². The molecule has 2 aromatic rings. The highest BCUT2D eigenvalue weighted by atomic mass is 16.5. The minimum Gasteiger partial charge on any atom is -0.497 e. The van der Waals surface area contributed by atoms with Gasteiger partial charge in [-0.3, -0.25) is 9.59 Å². The van der Waals surface area contributed by atoms with Gasteiger partial charge in [0.2, 0.25) is 5.91 Å². The lowest BCUT2D eigenvalue weighted by atomic mass is 9.65. The van der Waals surface area contributed by atoms with E-state index in [2.05, 4.69) is 20.6 Å². The zero-order chi connectivity index (χ0) is 27.8. The molecule has 1 aliphatic carbocycles. The van der Waals surface area contributed by atoms with Gasteiger partial charge in [-0.2, -0.15) is 0 Å². The largest absolute Gasteiger partial charge is 0.497 e. The number of ether oxygens (including phenoxy) is 1. The number of carbonyl (C=O) groups is 3. The van der Waals surface area contributed by atoms with Crippen molar-refractivity contribution in [3.63, 3.8) is 0 Å². The van der Waals surface area contributed by atoms with Crippen molar-refractivity contribution in [1.82, 2.24) is 25.5 Å². The fourth-order valence-corrected chi connectivity index (χ4v) is 6.35. The maximum Gasteiger partial charge on any atom is 0.315 e. The van der Waals surface area contributed by atoms with E-state index in [4.69, 9.17) is 4.74 Å². The Bertz CT molecular complexity index is 1100. The Kier molecular flexibility index (Phi) is 9.48. The number of hydrogen-bond donors (Lipinski definition) is 4. The first kappa shape index (κ1) is 28.4. The lowest BCUT2D eigenvalue weighted by molar-refractivity contribution is -0.162. The number of rotatable bonds is 11. The Hall–Kier alpha value is -3.56. The van der Waals surface area contributed by atoms with Crippen molar-refractivity contribution in [2.75, 3.05) is 20.2 Å². The van der Waals surface area contributed by atoms with Crippen molar-refractivity contribution in [1.29, 1.82) is 0 Å². The highest BCUT2D eigenvalue weighted by Crippen LogP contribution is 2.49. The summed E-state index contributed by atoms with van der Waals surface area (Å²) in [6.45, 7) is 2.77. The van der Waals surface area contributed by atoms with Crippen LogP contribution in [0, 0.1) is 11.3 Å². The number of nitrogens with one attached hydrogen (secondary N) is 3. The summed E-state index contributed by atoms with van der Waals surface area (Å²) in [5.74, 6) is -0.0309. The molecule has 10 heteroatoms. The van der Waals surface area contributed by atoms with Crippen LogP contribution in [0.3, 0.4) is 0 Å². The molecular formula is C29H41N5O5. The van der Waals surface area contributed by atoms with Crippen LogP contribution in [-0.4, -0.2) is 70.2 Å². The molecule has 39 heavy (non-hydrogen) atoms. The van der Waals surface area contributed by atoms with Gasteiger partial charge in [0.25, 0.3) is 0 Å². The van der Waals surface area contributed by atoms with Gasteiger partial charge in [-0.05, 0) is 55.7 Å². The van der Waals surface area contributed by atoms with Crippen LogP contribution in [0.5, 0.6) is 5.75 Å². The van der Waals surface area contributed by atoms with Crippen molar-refractivity contribution in [3.05, 3.63) is 48.0 Å². The predicted molar refractivity (Wildman–Crippen MR) is 146 cm³/mol. The lowest BCUT2D eigenvalue weighted by Crippen LogP contribution is -2.59. The third-order valence-electron chi connectivity index (χ3n) is 8.59. The van der Waals surface area contributed by atoms with Gasteiger partial charge < -0.3 is 30.4 Å². The van der Waals surface area contributed by atoms with E-state index in [-0.39, 0.29) is 17.9 Å². The second-order valence-electron chi connectivity index (χ2n) is 10.8. The monoisotopic (exact) mass is 539 g/mol. The van der Waals surface area contributed by atoms with E-state index in [0.29, 0.717) is 50.9 Å². The van der Waals surface area contributed by atoms with Gasteiger partial charge in [0.05, 0.1) is 18.9 Å². The summed E-state index contributed by atoms with van der Waals surface area (Å²) < 4.78 is 5.26. The molecule has 4 rings (SSSR count). The minimum atomic E-state index is -0.789. The van der Waals surface area contributed by atoms with Gasteiger partial charge >= 0.3 is 12.0 Å². The van der Waals surface area contributed by atoms with E-state index in [0.717, 1.165) is 36.9 Å². The fraction of sp³-hybridized carbons (Fsp3) is 0.586. The topological polar surface area (TPSA) is 137 Å². The van der Waals surface area contributed by atoms with E-state index in [1.54, 1.807) is 19.6 Å². The van der Waals surface area contributed by atoms with E-state index in [1.807, 2.05) is 36.1 Å². The van der Waals surface area contributed by atoms with Crippen molar-refractivity contribution < 1.29 is 24.2 Å². The maximum atomic E-state index is 14.0. The number of piperidine rings is 1. The Morgan fingerprint density at radius 2 is 1.97 bits per heavy atom. The van der Waals surface area contributed by atoms with Crippen LogP contribution in [0.4, 0.5) is 4.79 Å². The molecule has 3 unspecified atom stereocenters. The number of aromatic nitrogens is 2. The van der Waals surface area contributed by atoms with Crippen molar-refractivity contribution in [3.8, 4) is 5.75 Å². The summed E-state index contributed by atoms with van der Waals surface area (Å²) in [6, 6.07) is 6.05. The van der Waals surface area contributed by atoms with Gasteiger partial charge in [0.15, 0.2) is 0 Å². The van der Waals surface area contributed by atoms with Crippen molar-refractivity contribution >= 4 is 17.9 Å². The first-order valence-corrected chi connectivity index (χ1v) is 14.0. The molecule has 0 bridgehead atoms. The molecule has 4 N–H and O–H groups in total. The van der Waals surface area contributed by atoms with Gasteiger partial charge in [-0.15, -0.1) is 0 Å². The molecule has 2 fully saturated rings. The Morgan fingerprint density at radius 3 is 2.59 bits per heavy atom. The molecule has 1 aliphatic heterocycles. The first-order valence-electron chi connectivity index (χ1n) is 14.0. The smallest absolute Gasteiger partial charge is 0.315 e. The van der Waals surface area contributed by atoms with Gasteiger partial charge in [-0.25, -0.2) is 9.78 Å². The number of urea groups is 1. The van der Waals surface area contributed by atoms with Crippen LogP contribution in [0.1, 0.15) is 63.1 Å². The summed E-state index contributed by atoms with van der Waals surface area (Å²) in [5, 5.41) is 16.1. The summed E-state index contributed by atoms with van der Waals surface area (Å²) in [4.78, 5) is 48.2. The first-order chi connectivity index (χ1) is 18.9. The number of hydrogen-bond acceptors (Lipinski definition) is 5. The summed E-state index contributed by atoms with van der Waals surface area (Å²) in [5.41, 5.74) is 1.02. The Morgan fingerprint density at radius 1 is 1.23 bits per heavy atom. The van der Waals surface area contributed by atoms with Crippen LogP contribution in [0.25, 0.3) is 0 Å². The van der Waals surface area contributed by atoms with Crippen LogP contribution in [-0.2, 0) is 22.4 Å². The molecule has 2 heterocycles. The molecule has 2 aliphatic rings. The van der Waals surface area contributed by atoms with Crippen LogP contribution >= 0.6 is 0 Å². The SMILES string of the molecule is CCC1CC(C(=O)O)(C2CCCC2)CCN1C(=O)C(Cc1ccc(OC)cc1)NC(=O)NCCc1cnc[nH]1. The Balaban J connectivity index is 1.48. The molecule has 1 aromatic carbocycles. The number of imidazole rings is 1. The van der Waals surface area contributed by atoms with Gasteiger partial charge in [0, 0.05) is 43.9 Å². The lowest BCUT2D eigenvalue weighted by Gasteiger charge is -2.48. The average Bonchev–Trinajstić information content (AvgIpc) is 3.67. The number of aliphatic carboxylic acids is 1. The molecule has 1 saturated carbocycles. The number of carboxylic acids is 1.